The van der Waals surface area contributed by atoms with Gasteiger partial charge in [-0.1, -0.05) is 17.7 Å². The summed E-state index contributed by atoms with van der Waals surface area (Å²) in [5.41, 5.74) is -0.159. The quantitative estimate of drug-likeness (QED) is 0.499. The van der Waals surface area contributed by atoms with E-state index in [1.165, 1.54) is 18.2 Å². The van der Waals surface area contributed by atoms with Crippen molar-refractivity contribution in [2.75, 3.05) is 18.4 Å². The highest BCUT2D eigenvalue weighted by molar-refractivity contribution is 6.45. The smallest absolute Gasteiger partial charge is 0.322 e. The Hall–Kier alpha value is -2.74. The van der Waals surface area contributed by atoms with E-state index in [1.54, 1.807) is 0 Å². The van der Waals surface area contributed by atoms with Crippen molar-refractivity contribution in [3.8, 4) is 0 Å². The minimum absolute atomic E-state index is 0.145. The molecule has 0 unspecified atom stereocenters. The van der Waals surface area contributed by atoms with Crippen LogP contribution in [-0.2, 0) is 14.4 Å². The van der Waals surface area contributed by atoms with E-state index in [0.717, 1.165) is 6.07 Å². The molecule has 2 rings (SSSR count). The van der Waals surface area contributed by atoms with Crippen LogP contribution in [-0.4, -0.2) is 46.6 Å². The number of halogens is 2. The Labute approximate surface area is 135 Å². The number of carbonyl (C=O) groups is 4. The molecule has 120 valence electrons. The second-order valence-corrected chi connectivity index (χ2v) is 4.99. The summed E-state index contributed by atoms with van der Waals surface area (Å²) in [6.45, 7) is 2.51. The first kappa shape index (κ1) is 16.6. The molecular weight excluding hydrogens is 329 g/mol. The minimum Gasteiger partial charge on any atom is -0.322 e. The molecule has 0 aliphatic carbocycles. The fraction of sp³-hybridized carbons (Fsp3) is 0.143. The van der Waals surface area contributed by atoms with Gasteiger partial charge in [0, 0.05) is 11.6 Å². The molecule has 1 aliphatic rings. The third-order valence-corrected chi connectivity index (χ3v) is 3.19. The number of hydrogen-bond acceptors (Lipinski definition) is 4. The highest BCUT2D eigenvalue weighted by Crippen LogP contribution is 2.19. The first-order chi connectivity index (χ1) is 10.8. The van der Waals surface area contributed by atoms with E-state index in [-0.39, 0.29) is 17.3 Å². The number of hydrogen-bond donors (Lipinski definition) is 1. The van der Waals surface area contributed by atoms with Crippen LogP contribution in [0.15, 0.2) is 30.9 Å². The summed E-state index contributed by atoms with van der Waals surface area (Å²) in [6.07, 6.45) is 1.27. The van der Waals surface area contributed by atoms with Gasteiger partial charge in [-0.3, -0.25) is 19.3 Å². The first-order valence-electron chi connectivity index (χ1n) is 6.38. The largest absolute Gasteiger partial charge is 0.335 e. The Morgan fingerprint density at radius 3 is 2.52 bits per heavy atom. The molecule has 0 aromatic heterocycles. The number of anilines is 1. The Morgan fingerprint density at radius 1 is 1.26 bits per heavy atom. The van der Waals surface area contributed by atoms with E-state index in [9.17, 15) is 23.6 Å². The summed E-state index contributed by atoms with van der Waals surface area (Å²) in [7, 11) is 0. The molecule has 7 nitrogen and oxygen atoms in total. The lowest BCUT2D eigenvalue weighted by Gasteiger charge is -2.14. The first-order valence-corrected chi connectivity index (χ1v) is 6.76. The van der Waals surface area contributed by atoms with Gasteiger partial charge in [0.05, 0.1) is 5.69 Å². The van der Waals surface area contributed by atoms with Gasteiger partial charge in [-0.2, -0.15) is 0 Å². The van der Waals surface area contributed by atoms with Gasteiger partial charge < -0.3 is 5.32 Å². The summed E-state index contributed by atoms with van der Waals surface area (Å²) in [5, 5.41) is 2.35. The molecule has 1 aliphatic heterocycles. The number of imide groups is 2. The van der Waals surface area contributed by atoms with Gasteiger partial charge in [0.1, 0.15) is 12.4 Å². The molecule has 1 saturated heterocycles. The van der Waals surface area contributed by atoms with Gasteiger partial charge in [-0.05, 0) is 18.2 Å². The van der Waals surface area contributed by atoms with E-state index >= 15 is 0 Å². The van der Waals surface area contributed by atoms with Crippen LogP contribution in [0.25, 0.3) is 0 Å². The average Bonchev–Trinajstić information content (AvgIpc) is 2.68. The molecule has 0 saturated carbocycles. The number of rotatable bonds is 5. The summed E-state index contributed by atoms with van der Waals surface area (Å²) in [5.74, 6) is -3.76. The Balaban J connectivity index is 2.08. The standard InChI is InChI=1S/C14H11ClFN3O4/c1-2-5-18-12(21)13(22)19(14(18)23)7-11(20)17-10-4-3-8(15)6-9(10)16/h2-4,6H,1,5,7H2,(H,17,20). The van der Waals surface area contributed by atoms with Crippen molar-refractivity contribution in [1.82, 2.24) is 9.80 Å². The molecular formula is C14H11ClFN3O4. The van der Waals surface area contributed by atoms with Crippen molar-refractivity contribution in [3.05, 3.63) is 41.7 Å². The van der Waals surface area contributed by atoms with Crippen LogP contribution in [0.1, 0.15) is 0 Å². The number of carbonyl (C=O) groups excluding carboxylic acids is 4. The normalized spacial score (nSPS) is 14.4. The minimum atomic E-state index is -1.12. The number of urea groups is 1. The Kier molecular flexibility index (Phi) is 4.75. The van der Waals surface area contributed by atoms with Crippen molar-refractivity contribution in [2.45, 2.75) is 0 Å². The summed E-state index contributed by atoms with van der Waals surface area (Å²) in [6, 6.07) is 2.67. The van der Waals surface area contributed by atoms with Crippen LogP contribution < -0.4 is 5.32 Å². The van der Waals surface area contributed by atoms with Gasteiger partial charge in [-0.15, -0.1) is 6.58 Å². The second kappa shape index (κ2) is 6.57. The van der Waals surface area contributed by atoms with Crippen LogP contribution in [0, 0.1) is 5.82 Å². The lowest BCUT2D eigenvalue weighted by molar-refractivity contribution is -0.143. The lowest BCUT2D eigenvalue weighted by Crippen LogP contribution is -2.39. The van der Waals surface area contributed by atoms with Crippen LogP contribution in [0.5, 0.6) is 0 Å². The van der Waals surface area contributed by atoms with Gasteiger partial charge in [-0.25, -0.2) is 14.1 Å². The summed E-state index contributed by atoms with van der Waals surface area (Å²) in [4.78, 5) is 48.2. The Morgan fingerprint density at radius 2 is 1.91 bits per heavy atom. The predicted octanol–water partition coefficient (Wildman–Crippen LogP) is 1.39. The second-order valence-electron chi connectivity index (χ2n) is 4.55. The van der Waals surface area contributed by atoms with Gasteiger partial charge in [0.25, 0.3) is 0 Å². The van der Waals surface area contributed by atoms with E-state index in [2.05, 4.69) is 11.9 Å². The van der Waals surface area contributed by atoms with E-state index < -0.39 is 36.1 Å². The van der Waals surface area contributed by atoms with Gasteiger partial charge in [0.15, 0.2) is 0 Å². The molecule has 1 fully saturated rings. The molecule has 0 bridgehead atoms. The molecule has 23 heavy (non-hydrogen) atoms. The SMILES string of the molecule is C=CCN1C(=O)C(=O)N(CC(=O)Nc2ccc(Cl)cc2F)C1=O. The van der Waals surface area contributed by atoms with Crippen LogP contribution in [0.2, 0.25) is 5.02 Å². The third kappa shape index (κ3) is 3.37. The van der Waals surface area contributed by atoms with Gasteiger partial charge >= 0.3 is 17.8 Å². The van der Waals surface area contributed by atoms with Crippen molar-refractivity contribution < 1.29 is 23.6 Å². The molecule has 0 radical (unpaired) electrons. The maximum atomic E-state index is 13.6. The number of nitrogens with zero attached hydrogens (tertiary/aromatic N) is 2. The van der Waals surface area contributed by atoms with Crippen molar-refractivity contribution in [2.24, 2.45) is 0 Å². The van der Waals surface area contributed by atoms with Crippen molar-refractivity contribution in [1.29, 1.82) is 0 Å². The topological polar surface area (TPSA) is 86.8 Å². The molecule has 1 N–H and O–H groups in total. The zero-order chi connectivity index (χ0) is 17.1. The van der Waals surface area contributed by atoms with Crippen LogP contribution in [0.4, 0.5) is 14.9 Å². The number of nitrogens with one attached hydrogen (secondary N) is 1. The highest BCUT2D eigenvalue weighted by atomic mass is 35.5. The monoisotopic (exact) mass is 339 g/mol. The van der Waals surface area contributed by atoms with Gasteiger partial charge in [0.2, 0.25) is 5.91 Å². The molecule has 0 spiro atoms. The van der Waals surface area contributed by atoms with Crippen molar-refractivity contribution >= 4 is 41.0 Å². The highest BCUT2D eigenvalue weighted by Gasteiger charge is 2.44. The maximum absolute atomic E-state index is 13.6. The zero-order valence-corrected chi connectivity index (χ0v) is 12.5. The van der Waals surface area contributed by atoms with Crippen LogP contribution >= 0.6 is 11.6 Å². The number of benzene rings is 1. The lowest BCUT2D eigenvalue weighted by atomic mass is 10.3. The maximum Gasteiger partial charge on any atom is 0.335 e. The molecule has 1 aromatic rings. The summed E-state index contributed by atoms with van der Waals surface area (Å²) < 4.78 is 13.6. The fourth-order valence-corrected chi connectivity index (χ4v) is 2.06. The third-order valence-electron chi connectivity index (χ3n) is 2.95. The van der Waals surface area contributed by atoms with Crippen LogP contribution in [0.3, 0.4) is 0 Å². The van der Waals surface area contributed by atoms with E-state index in [0.29, 0.717) is 9.80 Å². The zero-order valence-electron chi connectivity index (χ0n) is 11.7. The predicted molar refractivity (Wildman–Crippen MR) is 79.1 cm³/mol. The summed E-state index contributed by atoms with van der Waals surface area (Å²) >= 11 is 5.59. The number of amides is 5. The molecule has 1 heterocycles. The molecule has 1 aromatic carbocycles. The van der Waals surface area contributed by atoms with E-state index in [1.807, 2.05) is 0 Å². The Bertz CT molecular complexity index is 722. The molecule has 0 atom stereocenters. The van der Waals surface area contributed by atoms with E-state index in [4.69, 9.17) is 11.6 Å². The van der Waals surface area contributed by atoms with Crippen molar-refractivity contribution in [3.63, 3.8) is 0 Å². The molecule has 5 amide bonds. The average molecular weight is 340 g/mol. The molecule has 9 heteroatoms. The fourth-order valence-electron chi connectivity index (χ4n) is 1.90.